The number of H-pyrrole nitrogens is 2. The smallest absolute Gasteiger partial charge is 0.160 e. The quantitative estimate of drug-likeness (QED) is 0.333. The van der Waals surface area contributed by atoms with Gasteiger partial charge in [0.2, 0.25) is 0 Å². The number of hydrogen-bond acceptors (Lipinski definition) is 8. The molecule has 1 aliphatic rings. The molecule has 7 heterocycles. The number of ether oxygens (including phenoxy) is 1. The first kappa shape index (κ1) is 20.8. The number of pyridine rings is 3. The summed E-state index contributed by atoms with van der Waals surface area (Å²) in [7, 11) is 0. The molecule has 1 aliphatic heterocycles. The number of aromatic amines is 2. The van der Waals surface area contributed by atoms with Gasteiger partial charge in [0.05, 0.1) is 36.1 Å². The van der Waals surface area contributed by atoms with E-state index in [4.69, 9.17) is 14.1 Å². The fourth-order valence-electron chi connectivity index (χ4n) is 4.66. The molecule has 0 bridgehead atoms. The number of aromatic nitrogens is 7. The Kier molecular flexibility index (Phi) is 4.95. The molecule has 0 aromatic carbocycles. The molecule has 1 saturated heterocycles. The Bertz CT molecular complexity index is 1660. The van der Waals surface area contributed by atoms with Crippen molar-refractivity contribution in [2.45, 2.75) is 18.9 Å². The van der Waals surface area contributed by atoms with Crippen LogP contribution < -0.4 is 10.1 Å². The molecule has 6 aromatic heterocycles. The van der Waals surface area contributed by atoms with Crippen molar-refractivity contribution in [3.63, 3.8) is 0 Å². The SMILES string of the molecule is c1cc(-c2ccoc2)c2nc(-c3n[nH]c4cnc(-c5cncc(OC6CCNCC6)c5)cc34)[nH]c2n1. The number of piperidine rings is 1. The van der Waals surface area contributed by atoms with E-state index in [1.54, 1.807) is 37.3 Å². The Morgan fingerprint density at radius 3 is 2.83 bits per heavy atom. The van der Waals surface area contributed by atoms with Crippen molar-refractivity contribution < 1.29 is 9.15 Å². The van der Waals surface area contributed by atoms with Gasteiger partial charge in [0.25, 0.3) is 0 Å². The second-order valence-corrected chi connectivity index (χ2v) is 8.82. The largest absolute Gasteiger partial charge is 0.489 e. The zero-order valence-electron chi connectivity index (χ0n) is 19.2. The summed E-state index contributed by atoms with van der Waals surface area (Å²) < 4.78 is 11.4. The zero-order chi connectivity index (χ0) is 23.9. The number of nitrogens with zero attached hydrogens (tertiary/aromatic N) is 5. The van der Waals surface area contributed by atoms with Crippen LogP contribution in [0, 0.1) is 0 Å². The predicted octanol–water partition coefficient (Wildman–Crippen LogP) is 4.35. The van der Waals surface area contributed by atoms with E-state index in [1.165, 1.54) is 0 Å². The number of furan rings is 1. The van der Waals surface area contributed by atoms with Crippen LogP contribution >= 0.6 is 0 Å². The molecule has 10 nitrogen and oxygen atoms in total. The molecule has 0 unspecified atom stereocenters. The Morgan fingerprint density at radius 2 is 1.94 bits per heavy atom. The first-order chi connectivity index (χ1) is 17.8. The average Bonchev–Trinajstić information content (AvgIpc) is 3.68. The summed E-state index contributed by atoms with van der Waals surface area (Å²) >= 11 is 0. The van der Waals surface area contributed by atoms with Crippen molar-refractivity contribution in [2.24, 2.45) is 0 Å². The van der Waals surface area contributed by atoms with Crippen LogP contribution in [-0.2, 0) is 0 Å². The molecule has 0 aliphatic carbocycles. The van der Waals surface area contributed by atoms with Gasteiger partial charge in [0.15, 0.2) is 11.5 Å². The van der Waals surface area contributed by atoms with E-state index in [0.717, 1.165) is 70.5 Å². The van der Waals surface area contributed by atoms with Crippen molar-refractivity contribution in [2.75, 3.05) is 13.1 Å². The second-order valence-electron chi connectivity index (χ2n) is 8.82. The molecule has 1 fully saturated rings. The number of hydrogen-bond donors (Lipinski definition) is 3. The standard InChI is InChI=1S/C26H22N8O2/c1-5-27-6-2-17(1)36-18-9-16(11-28-12-18)21-10-20-22(13-30-21)33-34-24(20)26-31-23-19(15-4-8-35-14-15)3-7-29-25(23)32-26/h3-4,7-14,17,27H,1-2,5-6H2,(H,33,34)(H,29,31,32). The molecule has 0 spiro atoms. The van der Waals surface area contributed by atoms with E-state index in [2.05, 4.69) is 35.5 Å². The number of fused-ring (bicyclic) bond motifs is 2. The maximum absolute atomic E-state index is 6.18. The Labute approximate surface area is 205 Å². The van der Waals surface area contributed by atoms with Crippen LogP contribution in [0.25, 0.3) is 56.0 Å². The minimum atomic E-state index is 0.202. The summed E-state index contributed by atoms with van der Waals surface area (Å²) in [5.74, 6) is 1.38. The number of nitrogens with one attached hydrogen (secondary N) is 3. The van der Waals surface area contributed by atoms with Crippen molar-refractivity contribution in [1.29, 1.82) is 0 Å². The summed E-state index contributed by atoms with van der Waals surface area (Å²) in [6.07, 6.45) is 12.6. The van der Waals surface area contributed by atoms with Crippen LogP contribution in [0.4, 0.5) is 0 Å². The van der Waals surface area contributed by atoms with Crippen molar-refractivity contribution in [3.05, 3.63) is 61.6 Å². The minimum absolute atomic E-state index is 0.202. The third kappa shape index (κ3) is 3.68. The van der Waals surface area contributed by atoms with Gasteiger partial charge >= 0.3 is 0 Å². The van der Waals surface area contributed by atoms with E-state index in [-0.39, 0.29) is 6.10 Å². The molecule has 0 radical (unpaired) electrons. The van der Waals surface area contributed by atoms with Crippen molar-refractivity contribution in [3.8, 4) is 39.7 Å². The lowest BCUT2D eigenvalue weighted by Gasteiger charge is -2.23. The fourth-order valence-corrected chi connectivity index (χ4v) is 4.66. The lowest BCUT2D eigenvalue weighted by atomic mass is 10.1. The molecule has 178 valence electrons. The van der Waals surface area contributed by atoms with Crippen LogP contribution in [0.15, 0.2) is 66.0 Å². The molecule has 36 heavy (non-hydrogen) atoms. The molecule has 7 rings (SSSR count). The highest BCUT2D eigenvalue weighted by molar-refractivity contribution is 5.96. The summed E-state index contributed by atoms with van der Waals surface area (Å²) in [4.78, 5) is 21.6. The maximum atomic E-state index is 6.18. The lowest BCUT2D eigenvalue weighted by Crippen LogP contribution is -2.34. The van der Waals surface area contributed by atoms with Gasteiger partial charge in [-0.1, -0.05) is 0 Å². The number of rotatable bonds is 5. The van der Waals surface area contributed by atoms with Crippen LogP contribution in [-0.4, -0.2) is 54.3 Å². The molecule has 6 aromatic rings. The molecular weight excluding hydrogens is 456 g/mol. The maximum Gasteiger partial charge on any atom is 0.160 e. The topological polar surface area (TPSA) is 130 Å². The summed E-state index contributed by atoms with van der Waals surface area (Å²) in [6, 6.07) is 7.82. The molecular formula is C26H22N8O2. The monoisotopic (exact) mass is 478 g/mol. The van der Waals surface area contributed by atoms with Gasteiger partial charge in [0, 0.05) is 34.5 Å². The van der Waals surface area contributed by atoms with Crippen LogP contribution in [0.1, 0.15) is 12.8 Å². The average molecular weight is 479 g/mol. The van der Waals surface area contributed by atoms with Crippen LogP contribution in [0.5, 0.6) is 5.75 Å². The molecule has 3 N–H and O–H groups in total. The van der Waals surface area contributed by atoms with E-state index >= 15 is 0 Å². The van der Waals surface area contributed by atoms with Gasteiger partial charge in [-0.15, -0.1) is 0 Å². The molecule has 0 amide bonds. The zero-order valence-corrected chi connectivity index (χ0v) is 19.2. The van der Waals surface area contributed by atoms with Gasteiger partial charge in [-0.05, 0) is 50.2 Å². The van der Waals surface area contributed by atoms with Crippen molar-refractivity contribution in [1.82, 2.24) is 40.4 Å². The predicted molar refractivity (Wildman–Crippen MR) is 134 cm³/mol. The van der Waals surface area contributed by atoms with E-state index in [9.17, 15) is 0 Å². The minimum Gasteiger partial charge on any atom is -0.489 e. The molecule has 10 heteroatoms. The van der Waals surface area contributed by atoms with Gasteiger partial charge in [-0.3, -0.25) is 15.1 Å². The first-order valence-corrected chi connectivity index (χ1v) is 11.9. The normalized spacial score (nSPS) is 14.6. The first-order valence-electron chi connectivity index (χ1n) is 11.9. The van der Waals surface area contributed by atoms with Gasteiger partial charge in [0.1, 0.15) is 23.1 Å². The Hall–Kier alpha value is -4.57. The Morgan fingerprint density at radius 1 is 1.00 bits per heavy atom. The third-order valence-electron chi connectivity index (χ3n) is 6.49. The second kappa shape index (κ2) is 8.58. The highest BCUT2D eigenvalue weighted by atomic mass is 16.5. The van der Waals surface area contributed by atoms with E-state index in [0.29, 0.717) is 17.2 Å². The van der Waals surface area contributed by atoms with Crippen LogP contribution in [0.2, 0.25) is 0 Å². The van der Waals surface area contributed by atoms with Gasteiger partial charge < -0.3 is 19.5 Å². The van der Waals surface area contributed by atoms with E-state index < -0.39 is 0 Å². The van der Waals surface area contributed by atoms with Crippen LogP contribution in [0.3, 0.4) is 0 Å². The van der Waals surface area contributed by atoms with E-state index in [1.807, 2.05) is 24.3 Å². The fraction of sp³-hybridized carbons (Fsp3) is 0.192. The van der Waals surface area contributed by atoms with Gasteiger partial charge in [-0.25, -0.2) is 9.97 Å². The Balaban J connectivity index is 1.26. The highest BCUT2D eigenvalue weighted by Crippen LogP contribution is 2.32. The molecule has 0 atom stereocenters. The van der Waals surface area contributed by atoms with Gasteiger partial charge in [-0.2, -0.15) is 5.10 Å². The summed E-state index contributed by atoms with van der Waals surface area (Å²) in [5, 5.41) is 11.9. The number of imidazole rings is 1. The summed E-state index contributed by atoms with van der Waals surface area (Å²) in [6.45, 7) is 1.94. The third-order valence-corrected chi connectivity index (χ3v) is 6.49. The van der Waals surface area contributed by atoms with Crippen molar-refractivity contribution >= 4 is 22.1 Å². The lowest BCUT2D eigenvalue weighted by molar-refractivity contribution is 0.162. The summed E-state index contributed by atoms with van der Waals surface area (Å²) in [5.41, 5.74) is 6.48. The highest BCUT2D eigenvalue weighted by Gasteiger charge is 2.18. The molecule has 0 saturated carbocycles.